The van der Waals surface area contributed by atoms with Gasteiger partial charge in [-0.1, -0.05) is 15.3 Å². The van der Waals surface area contributed by atoms with Gasteiger partial charge in [0.15, 0.2) is 0 Å². The van der Waals surface area contributed by atoms with Gasteiger partial charge in [0.2, 0.25) is 0 Å². The average molecular weight is 304 g/mol. The zero-order valence-electron chi connectivity index (χ0n) is 11.5. The lowest BCUT2D eigenvalue weighted by atomic mass is 10.3. The highest BCUT2D eigenvalue weighted by Gasteiger charge is 2.28. The molecule has 1 aromatic rings. The monoisotopic (exact) mass is 304 g/mol. The van der Waals surface area contributed by atoms with E-state index in [-0.39, 0.29) is 6.54 Å². The summed E-state index contributed by atoms with van der Waals surface area (Å²) < 4.78 is 10.6. The van der Waals surface area contributed by atoms with Crippen LogP contribution in [0.25, 0.3) is 10.4 Å². The molecule has 4 amide bonds. The van der Waals surface area contributed by atoms with E-state index >= 15 is 0 Å². The number of nitrogens with zero attached hydrogens (tertiary/aromatic N) is 6. The predicted octanol–water partition coefficient (Wildman–Crippen LogP) is 2.90. The predicted molar refractivity (Wildman–Crippen MR) is 74.9 cm³/mol. The first kappa shape index (κ1) is 15.4. The lowest BCUT2D eigenvalue weighted by Gasteiger charge is -2.11. The molecule has 0 spiro atoms. The maximum absolute atomic E-state index is 11.4. The molecular formula is C12H12N6O4. The van der Waals surface area contributed by atoms with Crippen LogP contribution in [-0.4, -0.2) is 38.4 Å². The molecular weight excluding hydrogens is 292 g/mol. The van der Waals surface area contributed by atoms with Gasteiger partial charge in [-0.05, 0) is 29.8 Å². The third kappa shape index (κ3) is 4.01. The quantitative estimate of drug-likeness (QED) is 0.316. The average Bonchev–Trinajstić information content (AvgIpc) is 2.86. The summed E-state index contributed by atoms with van der Waals surface area (Å²) in [5, 5.41) is 9.67. The Morgan fingerprint density at radius 3 is 2.41 bits per heavy atom. The topological polar surface area (TPSA) is 129 Å². The van der Waals surface area contributed by atoms with Crippen molar-refractivity contribution in [3.63, 3.8) is 0 Å². The molecule has 0 fully saturated rings. The lowest BCUT2D eigenvalue weighted by molar-refractivity contribution is 0.106. The van der Waals surface area contributed by atoms with Crippen molar-refractivity contribution in [1.29, 1.82) is 0 Å². The van der Waals surface area contributed by atoms with Crippen LogP contribution in [0.3, 0.4) is 0 Å². The van der Waals surface area contributed by atoms with Crippen molar-refractivity contribution in [3.8, 4) is 5.75 Å². The second kappa shape index (κ2) is 7.72. The summed E-state index contributed by atoms with van der Waals surface area (Å²) in [5.41, 5.74) is 8.45. The van der Waals surface area contributed by atoms with Crippen molar-refractivity contribution >= 4 is 17.7 Å². The van der Waals surface area contributed by atoms with Crippen LogP contribution < -0.4 is 9.64 Å². The van der Waals surface area contributed by atoms with Crippen LogP contribution in [-0.2, 0) is 4.74 Å². The van der Waals surface area contributed by atoms with E-state index in [2.05, 4.69) is 20.3 Å². The van der Waals surface area contributed by atoms with Crippen LogP contribution in [0, 0.1) is 0 Å². The van der Waals surface area contributed by atoms with Gasteiger partial charge in [0.05, 0.1) is 18.9 Å². The van der Waals surface area contributed by atoms with Crippen LogP contribution in [0.15, 0.2) is 39.6 Å². The Balaban J connectivity index is 1.76. The third-order valence-corrected chi connectivity index (χ3v) is 2.59. The SMILES string of the molecule is [N-]=[N+]=NCCOCCOc1ccc(N2C(=O)N=NC2=O)cc1. The second-order valence-corrected chi connectivity index (χ2v) is 4.01. The maximum Gasteiger partial charge on any atom is 0.375 e. The van der Waals surface area contributed by atoms with Gasteiger partial charge in [-0.2, -0.15) is 0 Å². The first-order valence-electron chi connectivity index (χ1n) is 6.33. The standard InChI is InChI=1S/C12H12N6O4/c13-17-14-5-6-21-7-8-22-10-3-1-9(2-4-10)18-11(19)15-16-12(18)20/h1-4H,5-8H2. The number of urea groups is 2. The second-order valence-electron chi connectivity index (χ2n) is 4.01. The molecule has 0 aliphatic carbocycles. The van der Waals surface area contributed by atoms with Gasteiger partial charge in [-0.25, -0.2) is 14.5 Å². The summed E-state index contributed by atoms with van der Waals surface area (Å²) in [5.74, 6) is 0.565. The number of anilines is 1. The van der Waals surface area contributed by atoms with E-state index in [0.29, 0.717) is 31.3 Å². The lowest BCUT2D eigenvalue weighted by Crippen LogP contribution is -2.27. The highest BCUT2D eigenvalue weighted by molar-refractivity contribution is 6.17. The number of rotatable bonds is 8. The van der Waals surface area contributed by atoms with Gasteiger partial charge in [0.1, 0.15) is 12.4 Å². The van der Waals surface area contributed by atoms with Crippen molar-refractivity contribution in [2.24, 2.45) is 15.3 Å². The van der Waals surface area contributed by atoms with E-state index < -0.39 is 12.1 Å². The Labute approximate surface area is 125 Å². The molecule has 2 rings (SSSR count). The molecule has 1 aliphatic rings. The zero-order valence-corrected chi connectivity index (χ0v) is 11.5. The van der Waals surface area contributed by atoms with Crippen molar-refractivity contribution in [1.82, 2.24) is 0 Å². The Bertz CT molecular complexity index is 605. The van der Waals surface area contributed by atoms with E-state index in [9.17, 15) is 9.59 Å². The minimum Gasteiger partial charge on any atom is -0.491 e. The number of imide groups is 1. The van der Waals surface area contributed by atoms with Crippen LogP contribution in [0.5, 0.6) is 5.75 Å². The largest absolute Gasteiger partial charge is 0.491 e. The summed E-state index contributed by atoms with van der Waals surface area (Å²) in [6.07, 6.45) is 0. The number of benzene rings is 1. The summed E-state index contributed by atoms with van der Waals surface area (Å²) in [7, 11) is 0. The Kier molecular flexibility index (Phi) is 5.41. The summed E-state index contributed by atoms with van der Waals surface area (Å²) in [6, 6.07) is 4.93. The third-order valence-electron chi connectivity index (χ3n) is 2.59. The minimum absolute atomic E-state index is 0.277. The summed E-state index contributed by atoms with van der Waals surface area (Å²) >= 11 is 0. The van der Waals surface area contributed by atoms with Gasteiger partial charge in [-0.15, -0.1) is 0 Å². The molecule has 0 aromatic heterocycles. The molecule has 0 saturated heterocycles. The number of ether oxygens (including phenoxy) is 2. The first-order chi connectivity index (χ1) is 10.7. The molecule has 0 atom stereocenters. The van der Waals surface area contributed by atoms with Crippen molar-refractivity contribution < 1.29 is 19.1 Å². The number of hydrogen-bond acceptors (Lipinski definition) is 5. The number of azo groups is 1. The molecule has 1 aromatic carbocycles. The van der Waals surface area contributed by atoms with E-state index in [0.717, 1.165) is 4.90 Å². The van der Waals surface area contributed by atoms with Gasteiger partial charge >= 0.3 is 12.1 Å². The van der Waals surface area contributed by atoms with E-state index in [1.165, 1.54) is 0 Å². The van der Waals surface area contributed by atoms with Gasteiger partial charge in [-0.3, -0.25) is 0 Å². The van der Waals surface area contributed by atoms with E-state index in [1.54, 1.807) is 24.3 Å². The van der Waals surface area contributed by atoms with E-state index in [4.69, 9.17) is 15.0 Å². The number of hydrogen-bond donors (Lipinski definition) is 0. The first-order valence-corrected chi connectivity index (χ1v) is 6.33. The molecule has 0 bridgehead atoms. The van der Waals surface area contributed by atoms with Crippen molar-refractivity contribution in [2.45, 2.75) is 0 Å². The summed E-state index contributed by atoms with van der Waals surface area (Å²) in [6.45, 7) is 1.28. The van der Waals surface area contributed by atoms with Crippen molar-refractivity contribution in [3.05, 3.63) is 34.7 Å². The zero-order chi connectivity index (χ0) is 15.8. The molecule has 0 unspecified atom stereocenters. The fraction of sp³-hybridized carbons (Fsp3) is 0.333. The molecule has 0 radical (unpaired) electrons. The number of amides is 4. The van der Waals surface area contributed by atoms with Crippen LogP contribution >= 0.6 is 0 Å². The maximum atomic E-state index is 11.4. The van der Waals surface area contributed by atoms with Crippen molar-refractivity contribution in [2.75, 3.05) is 31.3 Å². The highest BCUT2D eigenvalue weighted by Crippen LogP contribution is 2.23. The molecule has 10 heteroatoms. The smallest absolute Gasteiger partial charge is 0.375 e. The molecule has 10 nitrogen and oxygen atoms in total. The Morgan fingerprint density at radius 2 is 1.77 bits per heavy atom. The molecule has 114 valence electrons. The molecule has 1 heterocycles. The molecule has 22 heavy (non-hydrogen) atoms. The van der Waals surface area contributed by atoms with Crippen LogP contribution in [0.2, 0.25) is 0 Å². The van der Waals surface area contributed by atoms with Gasteiger partial charge in [0, 0.05) is 11.5 Å². The van der Waals surface area contributed by atoms with Gasteiger partial charge < -0.3 is 9.47 Å². The van der Waals surface area contributed by atoms with Crippen LogP contribution in [0.1, 0.15) is 0 Å². The number of carbonyl (C=O) groups is 2. The number of azide groups is 1. The summed E-state index contributed by atoms with van der Waals surface area (Å²) in [4.78, 5) is 26.2. The number of carbonyl (C=O) groups excluding carboxylic acids is 2. The van der Waals surface area contributed by atoms with E-state index in [1.807, 2.05) is 0 Å². The Hall–Kier alpha value is -2.97. The fourth-order valence-corrected chi connectivity index (χ4v) is 1.64. The van der Waals surface area contributed by atoms with Gasteiger partial charge in [0.25, 0.3) is 0 Å². The molecule has 0 N–H and O–H groups in total. The molecule has 0 saturated carbocycles. The highest BCUT2D eigenvalue weighted by atomic mass is 16.5. The molecule has 1 aliphatic heterocycles. The normalized spacial score (nSPS) is 13.4. The minimum atomic E-state index is -0.716. The fourth-order valence-electron chi connectivity index (χ4n) is 1.64. The van der Waals surface area contributed by atoms with Crippen LogP contribution in [0.4, 0.5) is 15.3 Å². The Morgan fingerprint density at radius 1 is 1.09 bits per heavy atom.